The quantitative estimate of drug-likeness (QED) is 0.650. The van der Waals surface area contributed by atoms with Gasteiger partial charge >= 0.3 is 0 Å². The van der Waals surface area contributed by atoms with Crippen LogP contribution in [0.15, 0.2) is 0 Å². The van der Waals surface area contributed by atoms with E-state index in [2.05, 4.69) is 5.32 Å². The maximum atomic E-state index is 12.2. The van der Waals surface area contributed by atoms with Crippen molar-refractivity contribution in [2.45, 2.75) is 45.7 Å². The Bertz CT molecular complexity index is 303. The number of nitrogens with one attached hydrogen (secondary N) is 1. The minimum Gasteiger partial charge on any atom is -0.393 e. The summed E-state index contributed by atoms with van der Waals surface area (Å²) in [4.78, 5) is 14.6. The normalized spacial score (nSPS) is 13.4. The summed E-state index contributed by atoms with van der Waals surface area (Å²) in [7, 11) is 1.64. The standard InChI is InChI=1S/C13H27N3O2S/c1-10(12(17)15-13(2,3)4)16(8-9-18-5)7-6-11(14)19/h10H,6-9H2,1-5H3,(H2,14,19)(H,15,17). The highest BCUT2D eigenvalue weighted by Crippen LogP contribution is 2.05. The van der Waals surface area contributed by atoms with Gasteiger partial charge in [0.2, 0.25) is 5.91 Å². The maximum Gasteiger partial charge on any atom is 0.237 e. The monoisotopic (exact) mass is 289 g/mol. The molecule has 3 N–H and O–H groups in total. The third-order valence-electron chi connectivity index (χ3n) is 2.65. The third-order valence-corrected chi connectivity index (χ3v) is 2.86. The number of hydrogen-bond acceptors (Lipinski definition) is 4. The van der Waals surface area contributed by atoms with Crippen molar-refractivity contribution in [2.24, 2.45) is 5.73 Å². The van der Waals surface area contributed by atoms with E-state index in [9.17, 15) is 4.79 Å². The van der Waals surface area contributed by atoms with Crippen LogP contribution in [0.5, 0.6) is 0 Å². The summed E-state index contributed by atoms with van der Waals surface area (Å²) in [5, 5.41) is 2.98. The Hall–Kier alpha value is -0.720. The van der Waals surface area contributed by atoms with Crippen molar-refractivity contribution in [2.75, 3.05) is 26.8 Å². The Morgan fingerprint density at radius 2 is 2.00 bits per heavy atom. The highest BCUT2D eigenvalue weighted by molar-refractivity contribution is 7.80. The predicted octanol–water partition coefficient (Wildman–Crippen LogP) is 0.914. The smallest absolute Gasteiger partial charge is 0.237 e. The number of carbonyl (C=O) groups excluding carboxylic acids is 1. The maximum absolute atomic E-state index is 12.2. The van der Waals surface area contributed by atoms with Gasteiger partial charge in [-0.3, -0.25) is 9.69 Å². The van der Waals surface area contributed by atoms with Crippen molar-refractivity contribution in [3.8, 4) is 0 Å². The molecule has 5 nitrogen and oxygen atoms in total. The summed E-state index contributed by atoms with van der Waals surface area (Å²) in [5.74, 6) is 0.00606. The number of hydrogen-bond donors (Lipinski definition) is 2. The first kappa shape index (κ1) is 18.3. The summed E-state index contributed by atoms with van der Waals surface area (Å²) in [6, 6.07) is -0.233. The van der Waals surface area contributed by atoms with Gasteiger partial charge in [-0.1, -0.05) is 12.2 Å². The van der Waals surface area contributed by atoms with Crippen molar-refractivity contribution < 1.29 is 9.53 Å². The first-order chi connectivity index (χ1) is 8.67. The molecule has 0 aromatic rings. The number of methoxy groups -OCH3 is 1. The SMILES string of the molecule is COCCN(CCC(N)=S)C(C)C(=O)NC(C)(C)C. The lowest BCUT2D eigenvalue weighted by molar-refractivity contribution is -0.127. The molecule has 0 fully saturated rings. The molecule has 0 aliphatic carbocycles. The molecule has 1 unspecified atom stereocenters. The largest absolute Gasteiger partial charge is 0.393 e. The van der Waals surface area contributed by atoms with Crippen LogP contribution in [0.25, 0.3) is 0 Å². The Morgan fingerprint density at radius 3 is 2.42 bits per heavy atom. The van der Waals surface area contributed by atoms with Crippen LogP contribution in [0.2, 0.25) is 0 Å². The summed E-state index contributed by atoms with van der Waals surface area (Å²) < 4.78 is 5.07. The molecule has 0 aromatic heterocycles. The van der Waals surface area contributed by atoms with Crippen molar-refractivity contribution in [3.63, 3.8) is 0 Å². The minimum atomic E-state index is -0.235. The molecule has 1 amide bonds. The van der Waals surface area contributed by atoms with Gasteiger partial charge in [0.15, 0.2) is 0 Å². The fourth-order valence-corrected chi connectivity index (χ4v) is 1.69. The molecule has 0 radical (unpaired) electrons. The summed E-state index contributed by atoms with van der Waals surface area (Å²) >= 11 is 4.89. The second kappa shape index (κ2) is 8.45. The molecule has 0 saturated heterocycles. The van der Waals surface area contributed by atoms with Gasteiger partial charge in [-0.05, 0) is 27.7 Å². The molecule has 0 heterocycles. The van der Waals surface area contributed by atoms with Gasteiger partial charge < -0.3 is 15.8 Å². The highest BCUT2D eigenvalue weighted by atomic mass is 32.1. The average molecular weight is 289 g/mol. The van der Waals surface area contributed by atoms with Crippen molar-refractivity contribution in [1.29, 1.82) is 0 Å². The number of carbonyl (C=O) groups is 1. The fraction of sp³-hybridized carbons (Fsp3) is 0.846. The van der Waals surface area contributed by atoms with Gasteiger partial charge in [0.25, 0.3) is 0 Å². The molecule has 19 heavy (non-hydrogen) atoms. The van der Waals surface area contributed by atoms with Crippen LogP contribution >= 0.6 is 12.2 Å². The Kier molecular flexibility index (Phi) is 8.13. The number of thiocarbonyl (C=S) groups is 1. The van der Waals surface area contributed by atoms with Crippen LogP contribution in [0, 0.1) is 0 Å². The number of nitrogens with two attached hydrogens (primary N) is 1. The molecule has 0 rings (SSSR count). The molecule has 0 aliphatic heterocycles. The Labute approximate surface area is 121 Å². The van der Waals surface area contributed by atoms with Crippen LogP contribution in [0.4, 0.5) is 0 Å². The highest BCUT2D eigenvalue weighted by Gasteiger charge is 2.24. The zero-order valence-electron chi connectivity index (χ0n) is 12.7. The number of amides is 1. The van der Waals surface area contributed by atoms with E-state index >= 15 is 0 Å². The van der Waals surface area contributed by atoms with Crippen LogP contribution in [-0.4, -0.2) is 54.2 Å². The molecule has 0 spiro atoms. The second-order valence-corrected chi connectivity index (χ2v) is 6.18. The molecular weight excluding hydrogens is 262 g/mol. The number of nitrogens with zero attached hydrogens (tertiary/aromatic N) is 1. The van der Waals surface area contributed by atoms with E-state index in [0.29, 0.717) is 31.1 Å². The summed E-state index contributed by atoms with van der Waals surface area (Å²) in [6.45, 7) is 9.69. The average Bonchev–Trinajstić information content (AvgIpc) is 2.25. The Morgan fingerprint density at radius 1 is 1.42 bits per heavy atom. The molecule has 0 aliphatic rings. The molecular formula is C13H27N3O2S. The molecule has 6 heteroatoms. The topological polar surface area (TPSA) is 67.6 Å². The zero-order chi connectivity index (χ0) is 15.1. The van der Waals surface area contributed by atoms with Gasteiger partial charge in [0.1, 0.15) is 0 Å². The van der Waals surface area contributed by atoms with Crippen LogP contribution < -0.4 is 11.1 Å². The summed E-state index contributed by atoms with van der Waals surface area (Å²) in [6.07, 6.45) is 0.603. The van der Waals surface area contributed by atoms with Gasteiger partial charge in [-0.15, -0.1) is 0 Å². The molecule has 0 saturated carbocycles. The van der Waals surface area contributed by atoms with E-state index in [1.54, 1.807) is 7.11 Å². The van der Waals surface area contributed by atoms with Crippen LogP contribution in [0.1, 0.15) is 34.1 Å². The van der Waals surface area contributed by atoms with E-state index < -0.39 is 0 Å². The predicted molar refractivity (Wildman–Crippen MR) is 82.2 cm³/mol. The fourth-order valence-electron chi connectivity index (χ4n) is 1.60. The van der Waals surface area contributed by atoms with Crippen molar-refractivity contribution in [1.82, 2.24) is 10.2 Å². The van der Waals surface area contributed by atoms with E-state index in [1.165, 1.54) is 0 Å². The van der Waals surface area contributed by atoms with Gasteiger partial charge in [-0.25, -0.2) is 0 Å². The van der Waals surface area contributed by atoms with E-state index in [4.69, 9.17) is 22.7 Å². The van der Waals surface area contributed by atoms with E-state index in [1.807, 2.05) is 32.6 Å². The van der Waals surface area contributed by atoms with Crippen molar-refractivity contribution in [3.05, 3.63) is 0 Å². The number of ether oxygens (including phenoxy) is 1. The molecule has 112 valence electrons. The molecule has 0 bridgehead atoms. The zero-order valence-corrected chi connectivity index (χ0v) is 13.5. The van der Waals surface area contributed by atoms with Crippen LogP contribution in [-0.2, 0) is 9.53 Å². The molecule has 0 aromatic carbocycles. The van der Waals surface area contributed by atoms with Crippen molar-refractivity contribution >= 4 is 23.1 Å². The van der Waals surface area contributed by atoms with Crippen LogP contribution in [0.3, 0.4) is 0 Å². The lowest BCUT2D eigenvalue weighted by atomic mass is 10.1. The Balaban J connectivity index is 4.54. The first-order valence-corrected chi connectivity index (χ1v) is 6.91. The van der Waals surface area contributed by atoms with E-state index in [-0.39, 0.29) is 17.5 Å². The third kappa shape index (κ3) is 8.91. The number of rotatable bonds is 8. The van der Waals surface area contributed by atoms with Gasteiger partial charge in [0, 0.05) is 32.2 Å². The lowest BCUT2D eigenvalue weighted by Gasteiger charge is -2.30. The van der Waals surface area contributed by atoms with Gasteiger partial charge in [0.05, 0.1) is 17.6 Å². The summed E-state index contributed by atoms with van der Waals surface area (Å²) in [5.41, 5.74) is 5.29. The van der Waals surface area contributed by atoms with E-state index in [0.717, 1.165) is 0 Å². The lowest BCUT2D eigenvalue weighted by Crippen LogP contribution is -2.52. The minimum absolute atomic E-state index is 0.00606. The second-order valence-electron chi connectivity index (χ2n) is 5.66. The van der Waals surface area contributed by atoms with Gasteiger partial charge in [-0.2, -0.15) is 0 Å². The first-order valence-electron chi connectivity index (χ1n) is 6.50. The molecule has 1 atom stereocenters.